The van der Waals surface area contributed by atoms with Crippen LogP contribution in [0.3, 0.4) is 0 Å². The second-order valence-electron chi connectivity index (χ2n) is 5.40. The molecule has 0 aliphatic rings. The van der Waals surface area contributed by atoms with Crippen LogP contribution >= 0.6 is 23.2 Å². The molecule has 0 fully saturated rings. The van der Waals surface area contributed by atoms with Crippen molar-refractivity contribution in [1.29, 1.82) is 0 Å². The highest BCUT2D eigenvalue weighted by Crippen LogP contribution is 2.25. The smallest absolute Gasteiger partial charge is 0.280 e. The average Bonchev–Trinajstić information content (AvgIpc) is 2.54. The van der Waals surface area contributed by atoms with Crippen molar-refractivity contribution in [1.82, 2.24) is 9.78 Å². The van der Waals surface area contributed by atoms with E-state index in [9.17, 15) is 9.59 Å². The first kappa shape index (κ1) is 16.5. The third kappa shape index (κ3) is 3.00. The Morgan fingerprint density at radius 1 is 1.12 bits per heavy atom. The van der Waals surface area contributed by atoms with Crippen molar-refractivity contribution in [2.45, 2.75) is 6.92 Å². The first-order chi connectivity index (χ1) is 11.4. The Balaban J connectivity index is 2.05. The predicted molar refractivity (Wildman–Crippen MR) is 96.1 cm³/mol. The zero-order chi connectivity index (χ0) is 17.4. The van der Waals surface area contributed by atoms with E-state index < -0.39 is 11.3 Å². The van der Waals surface area contributed by atoms with Gasteiger partial charge in [0.05, 0.1) is 20.9 Å². The molecule has 1 aromatic heterocycles. The lowest BCUT2D eigenvalue weighted by Crippen LogP contribution is -2.26. The van der Waals surface area contributed by atoms with Gasteiger partial charge in [0, 0.05) is 12.7 Å². The van der Waals surface area contributed by atoms with Crippen molar-refractivity contribution in [3.63, 3.8) is 0 Å². The molecule has 0 bridgehead atoms. The summed E-state index contributed by atoms with van der Waals surface area (Å²) in [4.78, 5) is 25.1. The minimum Gasteiger partial charge on any atom is -0.320 e. The van der Waals surface area contributed by atoms with Crippen molar-refractivity contribution in [3.8, 4) is 0 Å². The summed E-state index contributed by atoms with van der Waals surface area (Å²) in [6, 6.07) is 10.1. The molecule has 24 heavy (non-hydrogen) atoms. The van der Waals surface area contributed by atoms with Gasteiger partial charge < -0.3 is 5.32 Å². The van der Waals surface area contributed by atoms with Crippen molar-refractivity contribution >= 4 is 45.7 Å². The van der Waals surface area contributed by atoms with Crippen LogP contribution in [0, 0.1) is 6.92 Å². The SMILES string of the molecule is Cc1ccc2c(c1)c(=O)c(C(=O)Nc1ccc(Cl)c(Cl)c1)nn2C. The van der Waals surface area contributed by atoms with Gasteiger partial charge in [-0.25, -0.2) is 0 Å². The van der Waals surface area contributed by atoms with Crippen LogP contribution in [-0.4, -0.2) is 15.7 Å². The standard InChI is InChI=1S/C17H13Cl2N3O2/c1-9-3-6-14-11(7-9)16(23)15(21-22(14)2)17(24)20-10-4-5-12(18)13(19)8-10/h3-8H,1-2H3,(H,20,24). The molecule has 0 atom stereocenters. The lowest BCUT2D eigenvalue weighted by molar-refractivity contribution is 0.101. The van der Waals surface area contributed by atoms with Crippen LogP contribution in [0.4, 0.5) is 5.69 Å². The number of aryl methyl sites for hydroxylation is 2. The summed E-state index contributed by atoms with van der Waals surface area (Å²) >= 11 is 11.8. The number of rotatable bonds is 2. The van der Waals surface area contributed by atoms with Crippen LogP contribution in [0.25, 0.3) is 10.9 Å². The lowest BCUT2D eigenvalue weighted by Gasteiger charge is -2.09. The Labute approximate surface area is 147 Å². The third-order valence-electron chi connectivity index (χ3n) is 3.60. The van der Waals surface area contributed by atoms with E-state index in [1.54, 1.807) is 31.3 Å². The number of hydrogen-bond acceptors (Lipinski definition) is 3. The largest absolute Gasteiger partial charge is 0.320 e. The molecule has 1 amide bonds. The molecule has 1 N–H and O–H groups in total. The highest BCUT2D eigenvalue weighted by molar-refractivity contribution is 6.42. The predicted octanol–water partition coefficient (Wildman–Crippen LogP) is 3.80. The third-order valence-corrected chi connectivity index (χ3v) is 4.34. The fourth-order valence-corrected chi connectivity index (χ4v) is 2.70. The minimum atomic E-state index is -0.600. The number of amides is 1. The molecule has 0 radical (unpaired) electrons. The normalized spacial score (nSPS) is 10.8. The Morgan fingerprint density at radius 2 is 1.88 bits per heavy atom. The Hall–Kier alpha value is -2.37. The van der Waals surface area contributed by atoms with Gasteiger partial charge in [-0.15, -0.1) is 0 Å². The summed E-state index contributed by atoms with van der Waals surface area (Å²) in [5.41, 5.74) is 1.44. The molecule has 0 aliphatic heterocycles. The maximum atomic E-state index is 12.6. The number of hydrogen-bond donors (Lipinski definition) is 1. The van der Waals surface area contributed by atoms with E-state index in [0.717, 1.165) is 5.56 Å². The molecule has 3 aromatic rings. The number of nitrogens with zero attached hydrogens (tertiary/aromatic N) is 2. The van der Waals surface area contributed by atoms with Crippen molar-refractivity contribution in [2.24, 2.45) is 7.05 Å². The van der Waals surface area contributed by atoms with Crippen LogP contribution in [0.2, 0.25) is 10.0 Å². The molecule has 0 saturated heterocycles. The fourth-order valence-electron chi connectivity index (χ4n) is 2.40. The zero-order valence-corrected chi connectivity index (χ0v) is 14.4. The summed E-state index contributed by atoms with van der Waals surface area (Å²) in [5, 5.41) is 7.86. The van der Waals surface area contributed by atoms with E-state index in [4.69, 9.17) is 23.2 Å². The van der Waals surface area contributed by atoms with E-state index in [1.807, 2.05) is 13.0 Å². The number of benzene rings is 2. The highest BCUT2D eigenvalue weighted by atomic mass is 35.5. The van der Waals surface area contributed by atoms with Gasteiger partial charge in [0.2, 0.25) is 5.43 Å². The van der Waals surface area contributed by atoms with Gasteiger partial charge >= 0.3 is 0 Å². The van der Waals surface area contributed by atoms with Crippen molar-refractivity contribution in [3.05, 3.63) is 67.9 Å². The van der Waals surface area contributed by atoms with E-state index in [1.165, 1.54) is 10.7 Å². The van der Waals surface area contributed by atoms with Crippen LogP contribution in [0.5, 0.6) is 0 Å². The number of carbonyl (C=O) groups excluding carboxylic acids is 1. The number of fused-ring (bicyclic) bond motifs is 1. The Bertz CT molecular complexity index is 1030. The van der Waals surface area contributed by atoms with E-state index >= 15 is 0 Å². The van der Waals surface area contributed by atoms with E-state index in [-0.39, 0.29) is 5.69 Å². The van der Waals surface area contributed by atoms with Gasteiger partial charge in [-0.2, -0.15) is 5.10 Å². The average molecular weight is 362 g/mol. The van der Waals surface area contributed by atoms with Crippen molar-refractivity contribution in [2.75, 3.05) is 5.32 Å². The molecule has 2 aromatic carbocycles. The molecule has 122 valence electrons. The monoisotopic (exact) mass is 361 g/mol. The topological polar surface area (TPSA) is 64.0 Å². The maximum absolute atomic E-state index is 12.6. The highest BCUT2D eigenvalue weighted by Gasteiger charge is 2.17. The first-order valence-electron chi connectivity index (χ1n) is 7.11. The molecule has 0 unspecified atom stereocenters. The van der Waals surface area contributed by atoms with Gasteiger partial charge in [0.1, 0.15) is 0 Å². The summed E-state index contributed by atoms with van der Waals surface area (Å²) in [6.07, 6.45) is 0. The molecule has 5 nitrogen and oxygen atoms in total. The van der Waals surface area contributed by atoms with E-state index in [0.29, 0.717) is 26.6 Å². The molecular formula is C17H13Cl2N3O2. The number of aromatic nitrogens is 2. The van der Waals surface area contributed by atoms with Gasteiger partial charge in [-0.3, -0.25) is 14.3 Å². The summed E-state index contributed by atoms with van der Waals surface area (Å²) in [7, 11) is 1.69. The minimum absolute atomic E-state index is 0.179. The number of carbonyl (C=O) groups is 1. The quantitative estimate of drug-likeness (QED) is 0.754. The fraction of sp³-hybridized carbons (Fsp3) is 0.118. The summed E-state index contributed by atoms with van der Waals surface area (Å²) in [6.45, 7) is 1.88. The second-order valence-corrected chi connectivity index (χ2v) is 6.22. The van der Waals surface area contributed by atoms with Gasteiger partial charge in [-0.1, -0.05) is 34.8 Å². The summed E-state index contributed by atoms with van der Waals surface area (Å²) in [5.74, 6) is -0.600. The van der Waals surface area contributed by atoms with Crippen molar-refractivity contribution < 1.29 is 4.79 Å². The van der Waals surface area contributed by atoms with Crippen LogP contribution in [0.15, 0.2) is 41.2 Å². The van der Waals surface area contributed by atoms with Crippen LogP contribution in [0.1, 0.15) is 16.1 Å². The van der Waals surface area contributed by atoms with Crippen LogP contribution in [-0.2, 0) is 7.05 Å². The first-order valence-corrected chi connectivity index (χ1v) is 7.86. The molecule has 0 saturated carbocycles. The molecule has 3 rings (SSSR count). The number of anilines is 1. The molecule has 0 spiro atoms. The molecule has 7 heteroatoms. The summed E-state index contributed by atoms with van der Waals surface area (Å²) < 4.78 is 1.51. The van der Waals surface area contributed by atoms with Crippen LogP contribution < -0.4 is 10.7 Å². The van der Waals surface area contributed by atoms with Gasteiger partial charge in [0.15, 0.2) is 5.69 Å². The maximum Gasteiger partial charge on any atom is 0.280 e. The molecule has 0 aliphatic carbocycles. The lowest BCUT2D eigenvalue weighted by atomic mass is 10.1. The zero-order valence-electron chi connectivity index (χ0n) is 12.9. The van der Waals surface area contributed by atoms with Gasteiger partial charge in [-0.05, 0) is 37.3 Å². The molecular weight excluding hydrogens is 349 g/mol. The van der Waals surface area contributed by atoms with E-state index in [2.05, 4.69) is 10.4 Å². The van der Waals surface area contributed by atoms with Gasteiger partial charge in [0.25, 0.3) is 5.91 Å². The Morgan fingerprint density at radius 3 is 2.58 bits per heavy atom. The number of nitrogens with one attached hydrogen (secondary N) is 1. The molecule has 1 heterocycles. The number of halogens is 2. The second kappa shape index (κ2) is 6.26. The Kier molecular flexibility index (Phi) is 4.30.